The summed E-state index contributed by atoms with van der Waals surface area (Å²) >= 11 is 0. The highest BCUT2D eigenvalue weighted by atomic mass is 16.3. The molecule has 0 aliphatic heterocycles. The number of hydrogen-bond acceptors (Lipinski definition) is 2. The highest BCUT2D eigenvalue weighted by Crippen LogP contribution is 2.59. The number of aromatic hydroxyl groups is 1. The van der Waals surface area contributed by atoms with Gasteiger partial charge in [0.05, 0.1) is 11.1 Å². The Morgan fingerprint density at radius 3 is 1.53 bits per heavy atom. The molecule has 0 spiro atoms. The molecule has 0 bridgehead atoms. The van der Waals surface area contributed by atoms with Crippen molar-refractivity contribution in [1.29, 1.82) is 0 Å². The second-order valence-corrected chi connectivity index (χ2v) is 13.0. The third kappa shape index (κ3) is 5.79. The second kappa shape index (κ2) is 14.5. The van der Waals surface area contributed by atoms with Crippen LogP contribution in [0.1, 0.15) is 36.1 Å². The maximum Gasteiger partial charge on any atom is 0.123 e. The normalized spacial score (nSPS) is 12.2. The Bertz CT molecular complexity index is 2420. The molecule has 0 amide bonds. The van der Waals surface area contributed by atoms with Crippen LogP contribution < -0.4 is 4.90 Å². The molecule has 0 saturated carbocycles. The molecular formula is C51H41NO. The van der Waals surface area contributed by atoms with Gasteiger partial charge in [0.1, 0.15) is 5.75 Å². The fourth-order valence-corrected chi connectivity index (χ4v) is 8.04. The highest BCUT2D eigenvalue weighted by molar-refractivity contribution is 5.94. The molecule has 256 valence electrons. The van der Waals surface area contributed by atoms with Gasteiger partial charge in [-0.1, -0.05) is 184 Å². The lowest BCUT2D eigenvalue weighted by atomic mass is 9.67. The maximum atomic E-state index is 11.5. The molecule has 0 fully saturated rings. The number of phenols is 1. The first-order valence-corrected chi connectivity index (χ1v) is 18.4. The van der Waals surface area contributed by atoms with Gasteiger partial charge in [0.25, 0.3) is 0 Å². The van der Waals surface area contributed by atoms with Gasteiger partial charge in [0.15, 0.2) is 0 Å². The van der Waals surface area contributed by atoms with E-state index in [0.29, 0.717) is 0 Å². The number of benzene rings is 8. The summed E-state index contributed by atoms with van der Waals surface area (Å²) in [4.78, 5) is 2.38. The van der Waals surface area contributed by atoms with Crippen LogP contribution in [-0.2, 0) is 5.41 Å². The van der Waals surface area contributed by atoms with E-state index >= 15 is 0 Å². The minimum atomic E-state index is -0.649. The third-order valence-electron chi connectivity index (χ3n) is 10.3. The van der Waals surface area contributed by atoms with Crippen molar-refractivity contribution >= 4 is 17.1 Å². The van der Waals surface area contributed by atoms with Crippen molar-refractivity contribution in [1.82, 2.24) is 0 Å². The number of rotatable bonds is 7. The van der Waals surface area contributed by atoms with Gasteiger partial charge < -0.3 is 10.0 Å². The topological polar surface area (TPSA) is 23.5 Å². The van der Waals surface area contributed by atoms with Gasteiger partial charge >= 0.3 is 0 Å². The van der Waals surface area contributed by atoms with Crippen LogP contribution in [0.2, 0.25) is 0 Å². The predicted molar refractivity (Wildman–Crippen MR) is 222 cm³/mol. The van der Waals surface area contributed by atoms with Crippen LogP contribution in [0.25, 0.3) is 33.4 Å². The van der Waals surface area contributed by atoms with Crippen molar-refractivity contribution in [3.8, 4) is 39.1 Å². The first kappa shape index (κ1) is 33.5. The van der Waals surface area contributed by atoms with Gasteiger partial charge in [-0.2, -0.15) is 0 Å². The van der Waals surface area contributed by atoms with Gasteiger partial charge in [-0.25, -0.2) is 0 Å². The molecule has 0 heterocycles. The molecule has 0 unspecified atom stereocenters. The van der Waals surface area contributed by atoms with E-state index < -0.39 is 5.41 Å². The fourth-order valence-electron chi connectivity index (χ4n) is 8.04. The standard InChI is InChI=1S/C49H35NO.C2H6/c51-47-27-15-25-44-48(47)43-33-32-41(34-45(43)49(44,38-20-9-3-10-21-38)39-22-11-4-12-23-39)50(40-30-28-36(29-31-40)35-16-5-1-6-17-35)46-26-14-13-24-42(46)37-18-7-2-8-19-37;1-2/h1-34,51H;1-2H3. The van der Waals surface area contributed by atoms with E-state index in [1.807, 2.05) is 19.9 Å². The lowest BCUT2D eigenvalue weighted by molar-refractivity contribution is 0.477. The van der Waals surface area contributed by atoms with E-state index in [1.54, 1.807) is 6.07 Å². The van der Waals surface area contributed by atoms with E-state index in [-0.39, 0.29) is 5.75 Å². The number of nitrogens with zero attached hydrogens (tertiary/aromatic N) is 1. The second-order valence-electron chi connectivity index (χ2n) is 13.0. The average Bonchev–Trinajstić information content (AvgIpc) is 3.55. The van der Waals surface area contributed by atoms with Gasteiger partial charge in [0, 0.05) is 22.5 Å². The number of hydrogen-bond donors (Lipinski definition) is 1. The van der Waals surface area contributed by atoms with Gasteiger partial charge in [-0.05, 0) is 80.9 Å². The SMILES string of the molecule is CC.Oc1cccc2c1-c1ccc(N(c3ccc(-c4ccccc4)cc3)c3ccccc3-c3ccccc3)cc1C2(c1ccccc1)c1ccccc1. The van der Waals surface area contributed by atoms with E-state index in [1.165, 1.54) is 11.1 Å². The Morgan fingerprint density at radius 1 is 0.396 bits per heavy atom. The summed E-state index contributed by atoms with van der Waals surface area (Å²) in [5.74, 6) is 0.290. The Balaban J connectivity index is 0.00000197. The minimum absolute atomic E-state index is 0.290. The molecule has 1 aliphatic rings. The van der Waals surface area contributed by atoms with E-state index in [2.05, 4.69) is 199 Å². The Hall–Kier alpha value is -6.64. The molecule has 8 aromatic rings. The largest absolute Gasteiger partial charge is 0.507 e. The van der Waals surface area contributed by atoms with Crippen molar-refractivity contribution < 1.29 is 5.11 Å². The Kier molecular flexibility index (Phi) is 9.19. The van der Waals surface area contributed by atoms with Crippen LogP contribution in [0, 0.1) is 0 Å². The smallest absolute Gasteiger partial charge is 0.123 e. The lowest BCUT2D eigenvalue weighted by Crippen LogP contribution is -2.28. The van der Waals surface area contributed by atoms with Crippen molar-refractivity contribution in [3.63, 3.8) is 0 Å². The van der Waals surface area contributed by atoms with Crippen molar-refractivity contribution in [2.75, 3.05) is 4.90 Å². The zero-order chi connectivity index (χ0) is 36.2. The van der Waals surface area contributed by atoms with E-state index in [0.717, 1.165) is 61.6 Å². The zero-order valence-corrected chi connectivity index (χ0v) is 30.0. The van der Waals surface area contributed by atoms with Crippen molar-refractivity contribution in [2.45, 2.75) is 19.3 Å². The van der Waals surface area contributed by atoms with Crippen LogP contribution in [0.15, 0.2) is 206 Å². The Labute approximate surface area is 312 Å². The monoisotopic (exact) mass is 683 g/mol. The zero-order valence-electron chi connectivity index (χ0n) is 30.0. The molecule has 0 saturated heterocycles. The minimum Gasteiger partial charge on any atom is -0.507 e. The van der Waals surface area contributed by atoms with Gasteiger partial charge in [-0.15, -0.1) is 0 Å². The summed E-state index contributed by atoms with van der Waals surface area (Å²) in [6.45, 7) is 4.00. The molecule has 53 heavy (non-hydrogen) atoms. The Morgan fingerprint density at radius 2 is 0.906 bits per heavy atom. The summed E-state index contributed by atoms with van der Waals surface area (Å²) in [6.07, 6.45) is 0. The van der Waals surface area contributed by atoms with Gasteiger partial charge in [0.2, 0.25) is 0 Å². The molecule has 0 radical (unpaired) electrons. The lowest BCUT2D eigenvalue weighted by Gasteiger charge is -2.35. The molecule has 0 atom stereocenters. The van der Waals surface area contributed by atoms with Crippen molar-refractivity contribution in [2.24, 2.45) is 0 Å². The number of phenolic OH excluding ortho intramolecular Hbond substituents is 1. The quantitative estimate of drug-likeness (QED) is 0.181. The van der Waals surface area contributed by atoms with Crippen LogP contribution in [0.5, 0.6) is 5.75 Å². The summed E-state index contributed by atoms with van der Waals surface area (Å²) in [5.41, 5.74) is 13.6. The maximum absolute atomic E-state index is 11.5. The number of fused-ring (bicyclic) bond motifs is 3. The van der Waals surface area contributed by atoms with Crippen LogP contribution in [0.4, 0.5) is 17.1 Å². The summed E-state index contributed by atoms with van der Waals surface area (Å²) < 4.78 is 0. The van der Waals surface area contributed by atoms with Crippen molar-refractivity contribution in [3.05, 3.63) is 229 Å². The fraction of sp³-hybridized carbons (Fsp3) is 0.0588. The van der Waals surface area contributed by atoms with Crippen LogP contribution in [0.3, 0.4) is 0 Å². The highest BCUT2D eigenvalue weighted by Gasteiger charge is 2.47. The number of anilines is 3. The summed E-state index contributed by atoms with van der Waals surface area (Å²) in [7, 11) is 0. The molecule has 2 heteroatoms. The third-order valence-corrected chi connectivity index (χ3v) is 10.3. The van der Waals surface area contributed by atoms with E-state index in [9.17, 15) is 5.11 Å². The predicted octanol–water partition coefficient (Wildman–Crippen LogP) is 13.6. The molecule has 0 aromatic heterocycles. The molecule has 2 nitrogen and oxygen atoms in total. The molecule has 9 rings (SSSR count). The van der Waals surface area contributed by atoms with Gasteiger partial charge in [-0.3, -0.25) is 0 Å². The van der Waals surface area contributed by atoms with E-state index in [4.69, 9.17) is 0 Å². The molecule has 8 aromatic carbocycles. The average molecular weight is 684 g/mol. The number of para-hydroxylation sites is 1. The molecule has 1 N–H and O–H groups in total. The summed E-state index contributed by atoms with van der Waals surface area (Å²) in [5, 5.41) is 11.5. The first-order chi connectivity index (χ1) is 26.2. The summed E-state index contributed by atoms with van der Waals surface area (Å²) in [6, 6.07) is 72.8. The van der Waals surface area contributed by atoms with Crippen LogP contribution in [-0.4, -0.2) is 5.11 Å². The molecule has 1 aliphatic carbocycles. The first-order valence-electron chi connectivity index (χ1n) is 18.4. The molecular weight excluding hydrogens is 643 g/mol. The van der Waals surface area contributed by atoms with Crippen LogP contribution >= 0.6 is 0 Å².